The molecule has 0 unspecified atom stereocenters. The van der Waals surface area contributed by atoms with Crippen LogP contribution in [0.2, 0.25) is 0 Å². The van der Waals surface area contributed by atoms with Crippen LogP contribution < -0.4 is 0 Å². The number of hydrogen-bond donors (Lipinski definition) is 0. The number of benzene rings is 2. The highest BCUT2D eigenvalue weighted by molar-refractivity contribution is 9.10. The average Bonchev–Trinajstić information content (AvgIpc) is 2.84. The first kappa shape index (κ1) is 14.1. The molecule has 0 bridgehead atoms. The summed E-state index contributed by atoms with van der Waals surface area (Å²) in [6, 6.07) is 16.8. The molecule has 106 valence electrons. The molecule has 0 amide bonds. The highest BCUT2D eigenvalue weighted by atomic mass is 79.9. The van der Waals surface area contributed by atoms with Crippen molar-refractivity contribution in [3.05, 3.63) is 76.0 Å². The van der Waals surface area contributed by atoms with Gasteiger partial charge in [0.1, 0.15) is 5.82 Å². The van der Waals surface area contributed by atoms with E-state index in [4.69, 9.17) is 0 Å². The van der Waals surface area contributed by atoms with E-state index in [1.165, 1.54) is 16.8 Å². The zero-order valence-corrected chi connectivity index (χ0v) is 13.8. The second kappa shape index (κ2) is 5.86. The minimum absolute atomic E-state index is 0.851. The molecular formula is C18H17BrN2. The first-order valence-electron chi connectivity index (χ1n) is 6.98. The Bertz CT molecular complexity index is 757. The smallest absolute Gasteiger partial charge is 0.140 e. The molecule has 0 saturated carbocycles. The number of hydrogen-bond acceptors (Lipinski definition) is 1. The fourth-order valence-electron chi connectivity index (χ4n) is 2.45. The van der Waals surface area contributed by atoms with Crippen LogP contribution in [0, 0.1) is 13.8 Å². The van der Waals surface area contributed by atoms with E-state index in [2.05, 4.69) is 87.9 Å². The van der Waals surface area contributed by atoms with Crippen LogP contribution in [0.5, 0.6) is 0 Å². The molecule has 0 N–H and O–H groups in total. The molecule has 0 saturated heterocycles. The van der Waals surface area contributed by atoms with Crippen molar-refractivity contribution in [2.45, 2.75) is 20.4 Å². The molecule has 0 atom stereocenters. The second-order valence-corrected chi connectivity index (χ2v) is 6.16. The Labute approximate surface area is 133 Å². The van der Waals surface area contributed by atoms with E-state index in [1.54, 1.807) is 0 Å². The molecule has 3 aromatic rings. The predicted molar refractivity (Wildman–Crippen MR) is 90.4 cm³/mol. The minimum atomic E-state index is 0.851. The third-order valence-electron chi connectivity index (χ3n) is 3.75. The van der Waals surface area contributed by atoms with Crippen molar-refractivity contribution in [1.82, 2.24) is 9.55 Å². The SMILES string of the molecule is Cc1ccccc1Cn1c(C)cnc1-c1ccc(Br)cc1. The molecule has 0 aliphatic heterocycles. The Hall–Kier alpha value is -1.87. The lowest BCUT2D eigenvalue weighted by Crippen LogP contribution is -2.05. The first-order chi connectivity index (χ1) is 10.1. The van der Waals surface area contributed by atoms with E-state index in [-0.39, 0.29) is 0 Å². The molecule has 3 rings (SSSR count). The van der Waals surface area contributed by atoms with Crippen LogP contribution in [0.15, 0.2) is 59.2 Å². The van der Waals surface area contributed by atoms with E-state index in [9.17, 15) is 0 Å². The van der Waals surface area contributed by atoms with E-state index in [1.807, 2.05) is 6.20 Å². The van der Waals surface area contributed by atoms with Crippen molar-refractivity contribution >= 4 is 15.9 Å². The van der Waals surface area contributed by atoms with Crippen molar-refractivity contribution in [2.75, 3.05) is 0 Å². The summed E-state index contributed by atoms with van der Waals surface area (Å²) in [7, 11) is 0. The van der Waals surface area contributed by atoms with Gasteiger partial charge in [0.2, 0.25) is 0 Å². The number of halogens is 1. The van der Waals surface area contributed by atoms with Crippen LogP contribution in [0.1, 0.15) is 16.8 Å². The maximum atomic E-state index is 4.59. The third-order valence-corrected chi connectivity index (χ3v) is 4.28. The average molecular weight is 341 g/mol. The van der Waals surface area contributed by atoms with Gasteiger partial charge >= 0.3 is 0 Å². The summed E-state index contributed by atoms with van der Waals surface area (Å²) in [5.41, 5.74) is 4.96. The predicted octanol–water partition coefficient (Wildman–Crippen LogP) is 4.98. The van der Waals surface area contributed by atoms with Crippen LogP contribution >= 0.6 is 15.9 Å². The molecule has 0 aliphatic carbocycles. The summed E-state index contributed by atoms with van der Waals surface area (Å²) in [5, 5.41) is 0. The molecular weight excluding hydrogens is 324 g/mol. The van der Waals surface area contributed by atoms with E-state index in [0.717, 1.165) is 22.4 Å². The van der Waals surface area contributed by atoms with Gasteiger partial charge < -0.3 is 4.57 Å². The molecule has 0 aliphatic rings. The highest BCUT2D eigenvalue weighted by Crippen LogP contribution is 2.23. The van der Waals surface area contributed by atoms with E-state index in [0.29, 0.717) is 0 Å². The van der Waals surface area contributed by atoms with Gasteiger partial charge in [-0.15, -0.1) is 0 Å². The lowest BCUT2D eigenvalue weighted by Gasteiger charge is -2.12. The number of imidazole rings is 1. The van der Waals surface area contributed by atoms with Gasteiger partial charge in [0.25, 0.3) is 0 Å². The van der Waals surface area contributed by atoms with Gasteiger partial charge in [0.05, 0.1) is 0 Å². The standard InChI is InChI=1S/C18H17BrN2/c1-13-5-3-4-6-16(13)12-21-14(2)11-20-18(21)15-7-9-17(19)10-8-15/h3-11H,12H2,1-2H3. The normalized spacial score (nSPS) is 10.8. The quantitative estimate of drug-likeness (QED) is 0.657. The van der Waals surface area contributed by atoms with E-state index < -0.39 is 0 Å². The topological polar surface area (TPSA) is 17.8 Å². The number of rotatable bonds is 3. The molecule has 0 spiro atoms. The van der Waals surface area contributed by atoms with Crippen molar-refractivity contribution in [3.8, 4) is 11.4 Å². The van der Waals surface area contributed by atoms with Crippen molar-refractivity contribution in [2.24, 2.45) is 0 Å². The number of aromatic nitrogens is 2. The third kappa shape index (κ3) is 2.93. The van der Waals surface area contributed by atoms with Crippen molar-refractivity contribution in [1.29, 1.82) is 0 Å². The van der Waals surface area contributed by atoms with Crippen LogP contribution in [0.25, 0.3) is 11.4 Å². The molecule has 2 nitrogen and oxygen atoms in total. The summed E-state index contributed by atoms with van der Waals surface area (Å²) < 4.78 is 3.35. The van der Waals surface area contributed by atoms with Crippen molar-refractivity contribution in [3.63, 3.8) is 0 Å². The molecule has 21 heavy (non-hydrogen) atoms. The zero-order chi connectivity index (χ0) is 14.8. The summed E-state index contributed by atoms with van der Waals surface area (Å²) in [4.78, 5) is 4.59. The van der Waals surface area contributed by atoms with Gasteiger partial charge in [0, 0.05) is 28.5 Å². The van der Waals surface area contributed by atoms with Gasteiger partial charge in [-0.2, -0.15) is 0 Å². The Morgan fingerprint density at radius 1 is 1.00 bits per heavy atom. The number of nitrogens with zero attached hydrogens (tertiary/aromatic N) is 2. The molecule has 2 aromatic carbocycles. The summed E-state index contributed by atoms with van der Waals surface area (Å²) >= 11 is 3.48. The fourth-order valence-corrected chi connectivity index (χ4v) is 2.71. The first-order valence-corrected chi connectivity index (χ1v) is 7.77. The monoisotopic (exact) mass is 340 g/mol. The Kier molecular flexibility index (Phi) is 3.93. The zero-order valence-electron chi connectivity index (χ0n) is 12.2. The summed E-state index contributed by atoms with van der Waals surface area (Å²) in [5.74, 6) is 1.02. The molecule has 0 radical (unpaired) electrons. The van der Waals surface area contributed by atoms with Crippen LogP contribution in [0.4, 0.5) is 0 Å². The van der Waals surface area contributed by atoms with Gasteiger partial charge in [0.15, 0.2) is 0 Å². The maximum absolute atomic E-state index is 4.59. The molecule has 0 fully saturated rings. The fraction of sp³-hybridized carbons (Fsp3) is 0.167. The largest absolute Gasteiger partial charge is 0.324 e. The van der Waals surface area contributed by atoms with Crippen LogP contribution in [-0.2, 0) is 6.54 Å². The lowest BCUT2D eigenvalue weighted by molar-refractivity contribution is 0.775. The van der Waals surface area contributed by atoms with Gasteiger partial charge in [-0.05, 0) is 37.1 Å². The lowest BCUT2D eigenvalue weighted by atomic mass is 10.1. The summed E-state index contributed by atoms with van der Waals surface area (Å²) in [6.45, 7) is 5.11. The van der Waals surface area contributed by atoms with Crippen LogP contribution in [0.3, 0.4) is 0 Å². The summed E-state index contributed by atoms with van der Waals surface area (Å²) in [6.07, 6.45) is 1.94. The van der Waals surface area contributed by atoms with Gasteiger partial charge in [-0.25, -0.2) is 4.98 Å². The van der Waals surface area contributed by atoms with Gasteiger partial charge in [-0.1, -0.05) is 52.3 Å². The van der Waals surface area contributed by atoms with Gasteiger partial charge in [-0.3, -0.25) is 0 Å². The Morgan fingerprint density at radius 3 is 2.43 bits per heavy atom. The highest BCUT2D eigenvalue weighted by Gasteiger charge is 2.10. The Morgan fingerprint density at radius 2 is 1.71 bits per heavy atom. The molecule has 1 aromatic heterocycles. The van der Waals surface area contributed by atoms with E-state index >= 15 is 0 Å². The van der Waals surface area contributed by atoms with Crippen molar-refractivity contribution < 1.29 is 0 Å². The second-order valence-electron chi connectivity index (χ2n) is 5.24. The Balaban J connectivity index is 2.01. The minimum Gasteiger partial charge on any atom is -0.324 e. The van der Waals surface area contributed by atoms with Crippen LogP contribution in [-0.4, -0.2) is 9.55 Å². The molecule has 1 heterocycles. The maximum Gasteiger partial charge on any atom is 0.140 e. The number of aryl methyl sites for hydroxylation is 2. The molecule has 3 heteroatoms.